The van der Waals surface area contributed by atoms with Gasteiger partial charge in [-0.05, 0) is 63.7 Å². The molecule has 11 heteroatoms. The zero-order valence-corrected chi connectivity index (χ0v) is 17.0. The Bertz CT molecular complexity index is 731. The van der Waals surface area contributed by atoms with Crippen LogP contribution in [0.5, 0.6) is 0 Å². The van der Waals surface area contributed by atoms with Gasteiger partial charge in [-0.2, -0.15) is 0 Å². The molecule has 7 nitrogen and oxygen atoms in total. The number of imide groups is 1. The zero-order valence-electron chi connectivity index (χ0n) is 10.7. The summed E-state index contributed by atoms with van der Waals surface area (Å²) in [6, 6.07) is -1.97. The largest absolute Gasteiger partial charge is 0.550 e. The summed E-state index contributed by atoms with van der Waals surface area (Å²) in [7, 11) is 0. The summed E-state index contributed by atoms with van der Waals surface area (Å²) in [5, 5.41) is 21.9. The molecule has 0 bridgehead atoms. The Hall–Kier alpha value is -0.780. The molecule has 0 fully saturated rings. The SMILES string of the molecule is O=C([O-])C[C@H](C(=O)[O-])N1C(=O)c2c(Br)c(Br)c(Br)c(Br)c2C1=O. The number of halogens is 4. The molecule has 23 heavy (non-hydrogen) atoms. The highest BCUT2D eigenvalue weighted by molar-refractivity contribution is 9.15. The van der Waals surface area contributed by atoms with Crippen molar-refractivity contribution in [2.75, 3.05) is 0 Å². The Morgan fingerprint density at radius 1 is 0.870 bits per heavy atom. The van der Waals surface area contributed by atoms with Crippen molar-refractivity contribution in [2.24, 2.45) is 0 Å². The molecule has 122 valence electrons. The molecule has 2 amide bonds. The van der Waals surface area contributed by atoms with Crippen molar-refractivity contribution in [3.05, 3.63) is 29.0 Å². The van der Waals surface area contributed by atoms with E-state index >= 15 is 0 Å². The van der Waals surface area contributed by atoms with Gasteiger partial charge >= 0.3 is 0 Å². The van der Waals surface area contributed by atoms with E-state index in [9.17, 15) is 29.4 Å². The second-order valence-electron chi connectivity index (χ2n) is 4.40. The summed E-state index contributed by atoms with van der Waals surface area (Å²) in [5.41, 5.74) is -0.164. The predicted molar refractivity (Wildman–Crippen MR) is 86.2 cm³/mol. The van der Waals surface area contributed by atoms with Crippen LogP contribution in [0.1, 0.15) is 27.1 Å². The summed E-state index contributed by atoms with van der Waals surface area (Å²) in [6.45, 7) is 0. The van der Waals surface area contributed by atoms with Gasteiger partial charge in [-0.1, -0.05) is 0 Å². The highest BCUT2D eigenvalue weighted by atomic mass is 79.9. The van der Waals surface area contributed by atoms with Crippen molar-refractivity contribution in [3.63, 3.8) is 0 Å². The summed E-state index contributed by atoms with van der Waals surface area (Å²) in [5.74, 6) is -5.48. The third-order valence-electron chi connectivity index (χ3n) is 3.08. The average Bonchev–Trinajstić information content (AvgIpc) is 2.71. The lowest BCUT2D eigenvalue weighted by molar-refractivity contribution is -0.319. The van der Waals surface area contributed by atoms with Crippen molar-refractivity contribution < 1.29 is 29.4 Å². The molecule has 0 saturated carbocycles. The molecule has 0 aromatic heterocycles. The third-order valence-corrected chi connectivity index (χ3v) is 7.84. The molecule has 0 spiro atoms. The lowest BCUT2D eigenvalue weighted by Crippen LogP contribution is -2.52. The van der Waals surface area contributed by atoms with Crippen molar-refractivity contribution >= 4 is 87.5 Å². The monoisotopic (exact) mass is 573 g/mol. The Morgan fingerprint density at radius 3 is 1.57 bits per heavy atom. The van der Waals surface area contributed by atoms with Crippen LogP contribution in [0, 0.1) is 0 Å². The van der Waals surface area contributed by atoms with Crippen LogP contribution in [0.15, 0.2) is 17.9 Å². The number of aliphatic carboxylic acids is 2. The molecular weight excluding hydrogens is 574 g/mol. The lowest BCUT2D eigenvalue weighted by Gasteiger charge is -2.27. The number of carboxylic acids is 2. The molecule has 1 aromatic rings. The Labute approximate surface area is 162 Å². The molecule has 0 saturated heterocycles. The molecule has 1 aliphatic heterocycles. The van der Waals surface area contributed by atoms with Crippen LogP contribution < -0.4 is 10.2 Å². The standard InChI is InChI=1S/C12H5Br4NO6/c13-6-4-5(7(14)9(16)8(6)15)11(21)17(10(4)20)2(12(22)23)1-3(18)19/h2H,1H2,(H,18,19)(H,22,23)/p-2/t2-/m1/s1. The van der Waals surface area contributed by atoms with E-state index in [4.69, 9.17) is 0 Å². The highest BCUT2D eigenvalue weighted by Crippen LogP contribution is 2.45. The van der Waals surface area contributed by atoms with E-state index < -0.39 is 36.2 Å². The van der Waals surface area contributed by atoms with E-state index in [0.717, 1.165) is 0 Å². The number of rotatable bonds is 4. The highest BCUT2D eigenvalue weighted by Gasteiger charge is 2.44. The number of amides is 2. The van der Waals surface area contributed by atoms with Gasteiger partial charge in [0.15, 0.2) is 0 Å². The molecule has 1 aliphatic rings. The summed E-state index contributed by atoms with van der Waals surface area (Å²) >= 11 is 12.8. The van der Waals surface area contributed by atoms with Gasteiger partial charge in [-0.15, -0.1) is 0 Å². The molecule has 1 aromatic carbocycles. The van der Waals surface area contributed by atoms with Crippen LogP contribution in [0.3, 0.4) is 0 Å². The van der Waals surface area contributed by atoms with Crippen LogP contribution in [-0.4, -0.2) is 34.7 Å². The smallest absolute Gasteiger partial charge is 0.263 e. The predicted octanol–water partition coefficient (Wildman–Crippen LogP) is 0.591. The van der Waals surface area contributed by atoms with Crippen LogP contribution >= 0.6 is 63.7 Å². The topological polar surface area (TPSA) is 118 Å². The Morgan fingerprint density at radius 2 is 1.26 bits per heavy atom. The number of fused-ring (bicyclic) bond motifs is 1. The normalized spacial score (nSPS) is 14.9. The van der Waals surface area contributed by atoms with Crippen molar-refractivity contribution in [1.29, 1.82) is 0 Å². The van der Waals surface area contributed by atoms with E-state index in [-0.39, 0.29) is 20.1 Å². The third kappa shape index (κ3) is 2.99. The van der Waals surface area contributed by atoms with Gasteiger partial charge < -0.3 is 19.8 Å². The molecular formula is C12H3Br4NO6-2. The fourth-order valence-electron chi connectivity index (χ4n) is 2.09. The van der Waals surface area contributed by atoms with Crippen LogP contribution in [0.4, 0.5) is 0 Å². The number of carbonyl (C=O) groups is 4. The van der Waals surface area contributed by atoms with Gasteiger partial charge in [-0.25, -0.2) is 0 Å². The van der Waals surface area contributed by atoms with E-state index in [0.29, 0.717) is 13.8 Å². The maximum Gasteiger partial charge on any atom is 0.263 e. The van der Waals surface area contributed by atoms with Crippen molar-refractivity contribution in [1.82, 2.24) is 4.90 Å². The first-order valence-corrected chi connectivity index (χ1v) is 8.91. The second kappa shape index (κ2) is 6.61. The van der Waals surface area contributed by atoms with E-state index in [1.54, 1.807) is 0 Å². The maximum atomic E-state index is 12.5. The number of benzene rings is 1. The number of carboxylic acid groups (broad SMARTS) is 2. The first-order valence-electron chi connectivity index (χ1n) is 5.74. The zero-order chi connectivity index (χ0) is 17.6. The lowest BCUT2D eigenvalue weighted by atomic mass is 10.1. The van der Waals surface area contributed by atoms with Crippen LogP contribution in [0.2, 0.25) is 0 Å². The van der Waals surface area contributed by atoms with Gasteiger partial charge in [0.2, 0.25) is 0 Å². The minimum atomic E-state index is -1.97. The second-order valence-corrected chi connectivity index (χ2v) is 7.57. The summed E-state index contributed by atoms with van der Waals surface area (Å²) < 4.78 is 1.31. The fourth-order valence-corrected chi connectivity index (χ4v) is 4.54. The molecule has 0 radical (unpaired) electrons. The molecule has 0 aliphatic carbocycles. The molecule has 1 heterocycles. The van der Waals surface area contributed by atoms with E-state index in [1.807, 2.05) is 0 Å². The first-order chi connectivity index (χ1) is 10.6. The van der Waals surface area contributed by atoms with Crippen LogP contribution in [-0.2, 0) is 9.59 Å². The Kier molecular flexibility index (Phi) is 5.34. The average molecular weight is 577 g/mol. The van der Waals surface area contributed by atoms with Crippen molar-refractivity contribution in [2.45, 2.75) is 12.5 Å². The van der Waals surface area contributed by atoms with Gasteiger partial charge in [-0.3, -0.25) is 14.5 Å². The number of nitrogens with zero attached hydrogens (tertiary/aromatic N) is 1. The first kappa shape index (κ1) is 18.6. The number of hydrogen-bond donors (Lipinski definition) is 0. The minimum absolute atomic E-state index is 0.0819. The molecule has 0 N–H and O–H groups in total. The van der Waals surface area contributed by atoms with E-state index in [1.165, 1.54) is 0 Å². The van der Waals surface area contributed by atoms with E-state index in [2.05, 4.69) is 63.7 Å². The minimum Gasteiger partial charge on any atom is -0.550 e. The summed E-state index contributed by atoms with van der Waals surface area (Å²) in [4.78, 5) is 47.2. The van der Waals surface area contributed by atoms with Gasteiger partial charge in [0, 0.05) is 30.3 Å². The quantitative estimate of drug-likeness (QED) is 0.294. The van der Waals surface area contributed by atoms with Gasteiger partial charge in [0.1, 0.15) is 0 Å². The molecule has 2 rings (SSSR count). The fraction of sp³-hybridized carbons (Fsp3) is 0.167. The number of hydrogen-bond acceptors (Lipinski definition) is 6. The van der Waals surface area contributed by atoms with Gasteiger partial charge in [0.25, 0.3) is 11.8 Å². The summed E-state index contributed by atoms with van der Waals surface area (Å²) in [6.07, 6.45) is -1.06. The Balaban J connectivity index is 2.66. The molecule has 1 atom stereocenters. The van der Waals surface area contributed by atoms with Gasteiger partial charge in [0.05, 0.1) is 23.1 Å². The number of carbonyl (C=O) groups excluding carboxylic acids is 4. The van der Waals surface area contributed by atoms with Crippen LogP contribution in [0.25, 0.3) is 0 Å². The molecule has 0 unspecified atom stereocenters. The van der Waals surface area contributed by atoms with Crippen molar-refractivity contribution in [3.8, 4) is 0 Å². The maximum absolute atomic E-state index is 12.5.